The Morgan fingerprint density at radius 2 is 1.77 bits per heavy atom. The van der Waals surface area contributed by atoms with E-state index in [1.165, 1.54) is 0 Å². The Bertz CT molecular complexity index is 1470. The molecule has 0 aliphatic rings. The molecule has 0 aliphatic carbocycles. The predicted molar refractivity (Wildman–Crippen MR) is 139 cm³/mol. The zero-order valence-electron chi connectivity index (χ0n) is 20.0. The largest absolute Gasteiger partial charge is 0.350 e. The molecular formula is C27H27N7O. The van der Waals surface area contributed by atoms with Gasteiger partial charge in [0.15, 0.2) is 5.82 Å². The minimum atomic E-state index is 0.0199. The molecule has 5 aromatic rings. The van der Waals surface area contributed by atoms with Crippen molar-refractivity contribution in [2.24, 2.45) is 0 Å². The summed E-state index contributed by atoms with van der Waals surface area (Å²) in [6.07, 6.45) is 5.40. The van der Waals surface area contributed by atoms with E-state index in [2.05, 4.69) is 25.5 Å². The van der Waals surface area contributed by atoms with E-state index in [9.17, 15) is 4.79 Å². The molecule has 3 heterocycles. The molecule has 176 valence electrons. The molecule has 1 amide bonds. The van der Waals surface area contributed by atoms with Crippen molar-refractivity contribution in [2.75, 3.05) is 18.4 Å². The number of carbonyl (C=O) groups is 1. The maximum Gasteiger partial charge on any atom is 0.270 e. The highest BCUT2D eigenvalue weighted by Crippen LogP contribution is 2.28. The van der Waals surface area contributed by atoms with Crippen molar-refractivity contribution in [3.8, 4) is 22.5 Å². The van der Waals surface area contributed by atoms with Gasteiger partial charge in [0.1, 0.15) is 11.5 Å². The van der Waals surface area contributed by atoms with Gasteiger partial charge < -0.3 is 15.2 Å². The summed E-state index contributed by atoms with van der Waals surface area (Å²) in [5, 5.41) is 11.2. The van der Waals surface area contributed by atoms with Crippen LogP contribution >= 0.6 is 0 Å². The van der Waals surface area contributed by atoms with Crippen molar-refractivity contribution < 1.29 is 4.79 Å². The van der Waals surface area contributed by atoms with Crippen LogP contribution in [-0.2, 0) is 0 Å². The average molecular weight is 466 g/mol. The number of hydrogen-bond acceptors (Lipinski definition) is 5. The monoisotopic (exact) mass is 465 g/mol. The van der Waals surface area contributed by atoms with Gasteiger partial charge in [0.25, 0.3) is 5.91 Å². The van der Waals surface area contributed by atoms with Crippen LogP contribution in [0.1, 0.15) is 29.9 Å². The second-order valence-corrected chi connectivity index (χ2v) is 8.32. The summed E-state index contributed by atoms with van der Waals surface area (Å²) in [5.74, 6) is 1.33. The molecular weight excluding hydrogens is 438 g/mol. The third-order valence-electron chi connectivity index (χ3n) is 6.23. The van der Waals surface area contributed by atoms with Crippen LogP contribution < -0.4 is 5.32 Å². The molecule has 0 fully saturated rings. The number of aryl methyl sites for hydroxylation is 1. The van der Waals surface area contributed by atoms with Crippen LogP contribution in [0.2, 0.25) is 0 Å². The van der Waals surface area contributed by atoms with Crippen molar-refractivity contribution in [1.82, 2.24) is 30.0 Å². The highest BCUT2D eigenvalue weighted by atomic mass is 16.2. The maximum atomic E-state index is 12.9. The third-order valence-corrected chi connectivity index (χ3v) is 6.23. The molecule has 0 saturated heterocycles. The van der Waals surface area contributed by atoms with Gasteiger partial charge in [-0.05, 0) is 56.2 Å². The number of amides is 1. The van der Waals surface area contributed by atoms with Crippen LogP contribution in [0.4, 0.5) is 11.5 Å². The molecule has 5 rings (SSSR count). The second kappa shape index (κ2) is 9.42. The fourth-order valence-electron chi connectivity index (χ4n) is 4.23. The molecule has 0 atom stereocenters. The van der Waals surface area contributed by atoms with E-state index in [1.807, 2.05) is 80.4 Å². The first-order valence-corrected chi connectivity index (χ1v) is 11.7. The molecule has 35 heavy (non-hydrogen) atoms. The smallest absolute Gasteiger partial charge is 0.270 e. The van der Waals surface area contributed by atoms with Crippen molar-refractivity contribution >= 4 is 28.3 Å². The van der Waals surface area contributed by atoms with E-state index in [0.29, 0.717) is 30.4 Å². The third kappa shape index (κ3) is 4.38. The molecule has 3 aromatic heterocycles. The molecule has 3 N–H and O–H groups in total. The summed E-state index contributed by atoms with van der Waals surface area (Å²) in [5.41, 5.74) is 6.41. The number of hydrogen-bond donors (Lipinski definition) is 3. The Morgan fingerprint density at radius 3 is 2.49 bits per heavy atom. The summed E-state index contributed by atoms with van der Waals surface area (Å²) in [7, 11) is 0. The lowest BCUT2D eigenvalue weighted by molar-refractivity contribution is 0.0767. The lowest BCUT2D eigenvalue weighted by Crippen LogP contribution is -2.31. The number of benzene rings is 2. The van der Waals surface area contributed by atoms with Gasteiger partial charge in [-0.3, -0.25) is 9.89 Å². The number of anilines is 2. The molecule has 0 unspecified atom stereocenters. The zero-order chi connectivity index (χ0) is 24.4. The topological polar surface area (TPSA) is 103 Å². The molecule has 0 aliphatic heterocycles. The first-order chi connectivity index (χ1) is 17.1. The van der Waals surface area contributed by atoms with Crippen LogP contribution in [0.3, 0.4) is 0 Å². The van der Waals surface area contributed by atoms with Crippen LogP contribution in [0.25, 0.3) is 33.4 Å². The van der Waals surface area contributed by atoms with Gasteiger partial charge in [-0.1, -0.05) is 24.3 Å². The Hall–Kier alpha value is -4.46. The first-order valence-electron chi connectivity index (χ1n) is 11.7. The van der Waals surface area contributed by atoms with E-state index in [0.717, 1.165) is 38.8 Å². The highest BCUT2D eigenvalue weighted by Gasteiger charge is 2.19. The van der Waals surface area contributed by atoms with Crippen LogP contribution in [0.5, 0.6) is 0 Å². The van der Waals surface area contributed by atoms with E-state index in [-0.39, 0.29) is 5.91 Å². The molecule has 8 nitrogen and oxygen atoms in total. The summed E-state index contributed by atoms with van der Waals surface area (Å²) in [6.45, 7) is 7.31. The van der Waals surface area contributed by atoms with Crippen molar-refractivity contribution in [2.45, 2.75) is 20.8 Å². The van der Waals surface area contributed by atoms with E-state index in [4.69, 9.17) is 4.98 Å². The number of H-pyrrole nitrogens is 2. The fraction of sp³-hybridized carbons (Fsp3) is 0.185. The normalized spacial score (nSPS) is 11.1. The maximum absolute atomic E-state index is 12.9. The lowest BCUT2D eigenvalue weighted by atomic mass is 10.1. The molecule has 8 heteroatoms. The van der Waals surface area contributed by atoms with Gasteiger partial charge in [0.05, 0.1) is 6.20 Å². The second-order valence-electron chi connectivity index (χ2n) is 8.32. The van der Waals surface area contributed by atoms with Gasteiger partial charge in [0.2, 0.25) is 0 Å². The summed E-state index contributed by atoms with van der Waals surface area (Å²) < 4.78 is 0. The lowest BCUT2D eigenvalue weighted by Gasteiger charge is -2.18. The van der Waals surface area contributed by atoms with Crippen LogP contribution in [0.15, 0.2) is 67.1 Å². The van der Waals surface area contributed by atoms with E-state index < -0.39 is 0 Å². The Kier molecular flexibility index (Phi) is 6.01. The summed E-state index contributed by atoms with van der Waals surface area (Å²) >= 11 is 0. The van der Waals surface area contributed by atoms with Crippen LogP contribution in [0, 0.1) is 6.92 Å². The minimum Gasteiger partial charge on any atom is -0.350 e. The summed E-state index contributed by atoms with van der Waals surface area (Å²) in [4.78, 5) is 27.2. The van der Waals surface area contributed by atoms with Gasteiger partial charge in [0, 0.05) is 53.2 Å². The van der Waals surface area contributed by atoms with E-state index in [1.54, 1.807) is 12.4 Å². The van der Waals surface area contributed by atoms with Crippen molar-refractivity contribution in [3.63, 3.8) is 0 Å². The molecule has 0 saturated carbocycles. The van der Waals surface area contributed by atoms with Gasteiger partial charge in [-0.15, -0.1) is 0 Å². The standard InChI is InChI=1S/C27H27N7O/c1-4-34(5-2)27(35)25-17(3)22-11-8-19(14-23(22)32-25)26-28-13-12-24(33-26)31-21-9-6-18(7-10-21)20-15-29-30-16-20/h6-16,32H,4-5H2,1-3H3,(H,29,30)(H,28,31,33). The Morgan fingerprint density at radius 1 is 1.00 bits per heavy atom. The number of carbonyl (C=O) groups excluding carboxylic acids is 1. The number of nitrogens with zero attached hydrogens (tertiary/aromatic N) is 4. The fourth-order valence-corrected chi connectivity index (χ4v) is 4.23. The molecule has 2 aromatic carbocycles. The van der Waals surface area contributed by atoms with Crippen LogP contribution in [-0.4, -0.2) is 49.0 Å². The van der Waals surface area contributed by atoms with Crippen molar-refractivity contribution in [3.05, 3.63) is 78.4 Å². The van der Waals surface area contributed by atoms with E-state index >= 15 is 0 Å². The number of rotatable bonds is 7. The first kappa shape index (κ1) is 22.3. The number of aromatic amines is 2. The highest BCUT2D eigenvalue weighted by molar-refractivity contribution is 6.01. The predicted octanol–water partition coefficient (Wildman–Crippen LogP) is 5.55. The van der Waals surface area contributed by atoms with Gasteiger partial charge in [-0.25, -0.2) is 9.97 Å². The minimum absolute atomic E-state index is 0.0199. The number of fused-ring (bicyclic) bond motifs is 1. The number of aromatic nitrogens is 5. The van der Waals surface area contributed by atoms with Gasteiger partial charge in [-0.2, -0.15) is 5.10 Å². The van der Waals surface area contributed by atoms with Gasteiger partial charge >= 0.3 is 0 Å². The quantitative estimate of drug-likeness (QED) is 0.292. The molecule has 0 radical (unpaired) electrons. The average Bonchev–Trinajstić information content (AvgIpc) is 3.54. The molecule has 0 spiro atoms. The number of nitrogens with one attached hydrogen (secondary N) is 3. The Balaban J connectivity index is 1.40. The molecule has 0 bridgehead atoms. The summed E-state index contributed by atoms with van der Waals surface area (Å²) in [6, 6.07) is 15.9. The zero-order valence-corrected chi connectivity index (χ0v) is 20.0. The SMILES string of the molecule is CCN(CC)C(=O)c1[nH]c2cc(-c3nccc(Nc4ccc(-c5cn[nH]c5)cc4)n3)ccc2c1C. The van der Waals surface area contributed by atoms with Crippen molar-refractivity contribution in [1.29, 1.82) is 0 Å². The Labute approximate surface area is 203 Å².